The smallest absolute Gasteiger partial charge is 0.394 e. The van der Waals surface area contributed by atoms with Crippen LogP contribution >= 0.6 is 11.6 Å². The highest BCUT2D eigenvalue weighted by molar-refractivity contribution is 6.31. The largest absolute Gasteiger partial charge is 0.417 e. The number of ether oxygens (including phenoxy) is 1. The van der Waals surface area contributed by atoms with E-state index in [-0.39, 0.29) is 36.5 Å². The van der Waals surface area contributed by atoms with Gasteiger partial charge >= 0.3 is 12.2 Å². The number of benzene rings is 1. The number of carbonyl (C=O) groups is 1. The molecule has 1 saturated carbocycles. The predicted octanol–water partition coefficient (Wildman–Crippen LogP) is 4.78. The second kappa shape index (κ2) is 14.7. The minimum atomic E-state index is -4.63. The van der Waals surface area contributed by atoms with E-state index in [1.807, 2.05) is 0 Å². The van der Waals surface area contributed by atoms with Crippen molar-refractivity contribution in [3.8, 4) is 0 Å². The molecule has 12 heteroatoms. The van der Waals surface area contributed by atoms with Crippen LogP contribution in [0.4, 0.5) is 23.7 Å². The first kappa shape index (κ1) is 30.9. The van der Waals surface area contributed by atoms with E-state index < -0.39 is 29.1 Å². The Hall–Kier alpha value is -1.63. The van der Waals surface area contributed by atoms with Crippen LogP contribution in [0.15, 0.2) is 18.2 Å². The Bertz CT molecular complexity index is 882. The van der Waals surface area contributed by atoms with Crippen molar-refractivity contribution >= 4 is 23.3 Å². The van der Waals surface area contributed by atoms with Crippen molar-refractivity contribution in [1.82, 2.24) is 21.3 Å². The number of aliphatic hydroxyl groups excluding tert-OH is 1. The number of hydrogen-bond acceptors (Lipinski definition) is 6. The molecule has 1 heterocycles. The fourth-order valence-corrected chi connectivity index (χ4v) is 5.82. The molecule has 1 saturated heterocycles. The SMILES string of the molecule is CC1NC(NC(=O)Nc2ccc(Cl)c(C(F)(F)F)c2)NC(NCCOCCO)C12CCCCCCCCC2. The van der Waals surface area contributed by atoms with Gasteiger partial charge in [0.25, 0.3) is 0 Å². The van der Waals surface area contributed by atoms with Crippen molar-refractivity contribution in [1.29, 1.82) is 0 Å². The highest BCUT2D eigenvalue weighted by atomic mass is 35.5. The quantitative estimate of drug-likeness (QED) is 0.254. The van der Waals surface area contributed by atoms with Gasteiger partial charge in [0.15, 0.2) is 0 Å². The van der Waals surface area contributed by atoms with Crippen molar-refractivity contribution in [2.75, 3.05) is 31.7 Å². The summed E-state index contributed by atoms with van der Waals surface area (Å²) < 4.78 is 45.1. The standard InChI is InChI=1S/C26H41ClF3N5O3/c1-18-25(11-7-5-3-2-4-6-8-12-25)22(31-13-15-38-16-14-36)34-23(32-18)35-24(37)33-19-9-10-21(27)20(17-19)26(28,29)30/h9-10,17-18,22-23,31-32,34,36H,2-8,11-16H2,1H3,(H2,33,35,37). The van der Waals surface area contributed by atoms with Crippen molar-refractivity contribution in [2.45, 2.75) is 89.4 Å². The fourth-order valence-electron chi connectivity index (χ4n) is 5.59. The molecule has 0 aromatic heterocycles. The van der Waals surface area contributed by atoms with E-state index in [0.29, 0.717) is 13.2 Å². The summed E-state index contributed by atoms with van der Waals surface area (Å²) in [7, 11) is 0. The monoisotopic (exact) mass is 563 g/mol. The number of urea groups is 1. The second-order valence-electron chi connectivity index (χ2n) is 10.2. The second-order valence-corrected chi connectivity index (χ2v) is 10.6. The highest BCUT2D eigenvalue weighted by Gasteiger charge is 2.47. The number of halogens is 4. The van der Waals surface area contributed by atoms with Gasteiger partial charge in [-0.3, -0.25) is 16.0 Å². The molecule has 3 rings (SSSR count). The lowest BCUT2D eigenvalue weighted by molar-refractivity contribution is -0.137. The number of nitrogens with one attached hydrogen (secondary N) is 5. The maximum Gasteiger partial charge on any atom is 0.417 e. The molecule has 1 aliphatic heterocycles. The molecule has 1 aliphatic carbocycles. The first-order valence-electron chi connectivity index (χ1n) is 13.5. The summed E-state index contributed by atoms with van der Waals surface area (Å²) >= 11 is 5.69. The molecule has 1 aromatic carbocycles. The Labute approximate surface area is 227 Å². The minimum Gasteiger partial charge on any atom is -0.394 e. The summed E-state index contributed by atoms with van der Waals surface area (Å²) in [5.74, 6) is 0. The summed E-state index contributed by atoms with van der Waals surface area (Å²) in [5.41, 5.74) is -1.12. The molecule has 0 bridgehead atoms. The summed E-state index contributed by atoms with van der Waals surface area (Å²) in [6.07, 6.45) is 5.03. The van der Waals surface area contributed by atoms with E-state index in [9.17, 15) is 18.0 Å². The predicted molar refractivity (Wildman–Crippen MR) is 142 cm³/mol. The molecule has 0 radical (unpaired) electrons. The first-order chi connectivity index (χ1) is 18.2. The highest BCUT2D eigenvalue weighted by Crippen LogP contribution is 2.41. The van der Waals surface area contributed by atoms with Crippen LogP contribution in [0, 0.1) is 5.41 Å². The third-order valence-electron chi connectivity index (χ3n) is 7.61. The van der Waals surface area contributed by atoms with Crippen molar-refractivity contribution < 1.29 is 27.8 Å². The molecular weight excluding hydrogens is 523 g/mol. The van der Waals surface area contributed by atoms with E-state index in [2.05, 4.69) is 33.5 Å². The first-order valence-corrected chi connectivity index (χ1v) is 13.9. The minimum absolute atomic E-state index is 0.0115. The molecule has 1 aromatic rings. The maximum atomic E-state index is 13.2. The summed E-state index contributed by atoms with van der Waals surface area (Å²) in [6, 6.07) is 2.66. The Morgan fingerprint density at radius 3 is 2.39 bits per heavy atom. The molecule has 1 spiro atoms. The average Bonchev–Trinajstić information content (AvgIpc) is 2.86. The molecule has 2 amide bonds. The van der Waals surface area contributed by atoms with Gasteiger partial charge in [-0.2, -0.15) is 13.2 Å². The van der Waals surface area contributed by atoms with Gasteiger partial charge in [-0.25, -0.2) is 4.79 Å². The van der Waals surface area contributed by atoms with Crippen LogP contribution in [0.1, 0.15) is 70.3 Å². The van der Waals surface area contributed by atoms with Crippen LogP contribution in [0.2, 0.25) is 5.02 Å². The molecule has 2 aliphatic rings. The number of aliphatic hydroxyl groups is 1. The van der Waals surface area contributed by atoms with Gasteiger partial charge in [0.2, 0.25) is 0 Å². The van der Waals surface area contributed by atoms with Crippen LogP contribution in [-0.4, -0.2) is 56.0 Å². The third kappa shape index (κ3) is 8.69. The zero-order valence-electron chi connectivity index (χ0n) is 21.9. The summed E-state index contributed by atoms with van der Waals surface area (Å²) in [4.78, 5) is 12.7. The Morgan fingerprint density at radius 2 is 1.76 bits per heavy atom. The maximum absolute atomic E-state index is 13.2. The van der Waals surface area contributed by atoms with Crippen LogP contribution in [0.5, 0.6) is 0 Å². The fraction of sp³-hybridized carbons (Fsp3) is 0.731. The molecule has 216 valence electrons. The van der Waals surface area contributed by atoms with Crippen molar-refractivity contribution in [3.05, 3.63) is 28.8 Å². The normalized spacial score (nSPS) is 24.6. The molecular formula is C26H41ClF3N5O3. The van der Waals surface area contributed by atoms with Crippen molar-refractivity contribution in [3.63, 3.8) is 0 Å². The Morgan fingerprint density at radius 1 is 1.11 bits per heavy atom. The van der Waals surface area contributed by atoms with E-state index in [1.165, 1.54) is 38.2 Å². The number of carbonyl (C=O) groups excluding carboxylic acids is 1. The molecule has 2 fully saturated rings. The van der Waals surface area contributed by atoms with Gasteiger partial charge < -0.3 is 20.5 Å². The molecule has 3 atom stereocenters. The lowest BCUT2D eigenvalue weighted by atomic mass is 9.68. The number of hydrogen-bond donors (Lipinski definition) is 6. The van der Waals surface area contributed by atoms with Crippen LogP contribution < -0.4 is 26.6 Å². The Kier molecular flexibility index (Phi) is 11.9. The zero-order chi connectivity index (χ0) is 27.6. The average molecular weight is 564 g/mol. The van der Waals surface area contributed by atoms with Gasteiger partial charge in [0.1, 0.15) is 6.29 Å². The third-order valence-corrected chi connectivity index (χ3v) is 7.94. The van der Waals surface area contributed by atoms with Crippen molar-refractivity contribution in [2.24, 2.45) is 5.41 Å². The van der Waals surface area contributed by atoms with E-state index >= 15 is 0 Å². The van der Waals surface area contributed by atoms with E-state index in [4.69, 9.17) is 21.4 Å². The molecule has 8 nitrogen and oxygen atoms in total. The van der Waals surface area contributed by atoms with Gasteiger partial charge in [0.05, 0.1) is 36.6 Å². The van der Waals surface area contributed by atoms with Gasteiger partial charge in [0, 0.05) is 23.7 Å². The Balaban J connectivity index is 1.69. The van der Waals surface area contributed by atoms with Gasteiger partial charge in [-0.05, 0) is 38.0 Å². The summed E-state index contributed by atoms with van der Waals surface area (Å²) in [6.45, 7) is 3.37. The van der Waals surface area contributed by atoms with Gasteiger partial charge in [-0.15, -0.1) is 0 Å². The van der Waals surface area contributed by atoms with Crippen LogP contribution in [0.25, 0.3) is 0 Å². The lowest BCUT2D eigenvalue weighted by Crippen LogP contribution is -2.75. The number of anilines is 1. The van der Waals surface area contributed by atoms with E-state index in [0.717, 1.165) is 37.8 Å². The molecule has 6 N–H and O–H groups in total. The topological polar surface area (TPSA) is 107 Å². The molecule has 38 heavy (non-hydrogen) atoms. The van der Waals surface area contributed by atoms with Crippen LogP contribution in [-0.2, 0) is 10.9 Å². The lowest BCUT2D eigenvalue weighted by Gasteiger charge is -2.53. The zero-order valence-corrected chi connectivity index (χ0v) is 22.7. The van der Waals surface area contributed by atoms with E-state index in [1.54, 1.807) is 0 Å². The van der Waals surface area contributed by atoms with Gasteiger partial charge in [-0.1, -0.05) is 56.5 Å². The molecule has 3 unspecified atom stereocenters. The number of rotatable bonds is 8. The number of alkyl halides is 3. The van der Waals surface area contributed by atoms with Crippen LogP contribution in [0.3, 0.4) is 0 Å². The summed E-state index contributed by atoms with van der Waals surface area (Å²) in [5, 5.41) is 24.3. The number of amides is 2.